The first-order valence-corrected chi connectivity index (χ1v) is 11.1. The molecule has 32 heavy (non-hydrogen) atoms. The zero-order chi connectivity index (χ0) is 22.3. The minimum absolute atomic E-state index is 0.121. The molecule has 0 spiro atoms. The van der Waals surface area contributed by atoms with Crippen LogP contribution in [0.25, 0.3) is 17.1 Å². The highest BCUT2D eigenvalue weighted by Gasteiger charge is 2.20. The minimum Gasteiger partial charge on any atom is -0.450 e. The van der Waals surface area contributed by atoms with E-state index in [0.29, 0.717) is 11.5 Å². The Bertz CT molecular complexity index is 1150. The fraction of sp³-hybridized carbons (Fsp3) is 0.0833. The molecule has 0 aliphatic rings. The molecule has 1 heterocycles. The van der Waals surface area contributed by atoms with Crippen LogP contribution < -0.4 is 5.32 Å². The van der Waals surface area contributed by atoms with Gasteiger partial charge in [0, 0.05) is 16.1 Å². The van der Waals surface area contributed by atoms with Gasteiger partial charge in [-0.05, 0) is 42.7 Å². The average Bonchev–Trinajstić information content (AvgIpc) is 3.30. The van der Waals surface area contributed by atoms with Crippen molar-refractivity contribution in [3.63, 3.8) is 0 Å². The van der Waals surface area contributed by atoms with Crippen LogP contribution in [0.1, 0.15) is 10.6 Å². The maximum Gasteiger partial charge on any atom is 0.378 e. The van der Waals surface area contributed by atoms with Gasteiger partial charge in [-0.2, -0.15) is 0 Å². The number of thioether (sulfide) groups is 1. The molecule has 4 rings (SSSR count). The number of carbonyl (C=O) groups excluding carboxylic acids is 2. The van der Waals surface area contributed by atoms with Gasteiger partial charge in [-0.3, -0.25) is 4.79 Å². The number of benzene rings is 3. The zero-order valence-corrected chi connectivity index (χ0v) is 18.1. The lowest BCUT2D eigenvalue weighted by molar-refractivity contribution is -0.119. The van der Waals surface area contributed by atoms with Gasteiger partial charge in [-0.25, -0.2) is 14.5 Å². The predicted octanol–water partition coefficient (Wildman–Crippen LogP) is 4.45. The van der Waals surface area contributed by atoms with E-state index in [2.05, 4.69) is 15.4 Å². The molecule has 3 aromatic carbocycles. The summed E-state index contributed by atoms with van der Waals surface area (Å²) in [4.78, 5) is 30.2. The van der Waals surface area contributed by atoms with E-state index in [-0.39, 0.29) is 5.82 Å². The highest BCUT2D eigenvalue weighted by Crippen LogP contribution is 2.21. The van der Waals surface area contributed by atoms with E-state index < -0.39 is 18.5 Å². The molecule has 7 nitrogen and oxygen atoms in total. The van der Waals surface area contributed by atoms with Crippen LogP contribution in [0.4, 0.5) is 5.69 Å². The topological polar surface area (TPSA) is 86.1 Å². The normalized spacial score (nSPS) is 10.5. The Morgan fingerprint density at radius 2 is 1.59 bits per heavy atom. The van der Waals surface area contributed by atoms with Crippen molar-refractivity contribution in [1.29, 1.82) is 0 Å². The van der Waals surface area contributed by atoms with E-state index in [4.69, 9.17) is 4.74 Å². The van der Waals surface area contributed by atoms with E-state index in [1.54, 1.807) is 28.6 Å². The van der Waals surface area contributed by atoms with E-state index >= 15 is 0 Å². The number of hydrogen-bond donors (Lipinski definition) is 1. The van der Waals surface area contributed by atoms with Gasteiger partial charge in [0.15, 0.2) is 12.4 Å². The molecule has 1 aromatic heterocycles. The monoisotopic (exact) mass is 444 g/mol. The molecule has 8 heteroatoms. The summed E-state index contributed by atoms with van der Waals surface area (Å²) in [7, 11) is 0. The van der Waals surface area contributed by atoms with Gasteiger partial charge in [0.1, 0.15) is 0 Å². The van der Waals surface area contributed by atoms with Crippen molar-refractivity contribution in [2.75, 3.05) is 18.2 Å². The van der Waals surface area contributed by atoms with Crippen molar-refractivity contribution in [3.05, 3.63) is 90.8 Å². The minimum atomic E-state index is -0.773. The second-order valence-electron chi connectivity index (χ2n) is 6.73. The summed E-state index contributed by atoms with van der Waals surface area (Å²) in [5.74, 6) is -0.835. The van der Waals surface area contributed by atoms with Crippen LogP contribution in [0.3, 0.4) is 0 Å². The Hall–Kier alpha value is -3.91. The summed E-state index contributed by atoms with van der Waals surface area (Å²) < 4.78 is 6.74. The van der Waals surface area contributed by atoms with Gasteiger partial charge in [0.25, 0.3) is 11.7 Å². The molecule has 160 valence electrons. The first-order chi connectivity index (χ1) is 15.6. The third-order valence-corrected chi connectivity index (χ3v) is 5.27. The largest absolute Gasteiger partial charge is 0.450 e. The molecular weight excluding hydrogens is 424 g/mol. The number of anilines is 1. The predicted molar refractivity (Wildman–Crippen MR) is 124 cm³/mol. The maximum absolute atomic E-state index is 12.6. The number of rotatable bonds is 7. The molecular formula is C24H20N4O3S. The number of nitrogens with zero attached hydrogens (tertiary/aromatic N) is 3. The van der Waals surface area contributed by atoms with Crippen LogP contribution >= 0.6 is 11.8 Å². The van der Waals surface area contributed by atoms with Gasteiger partial charge < -0.3 is 10.1 Å². The Morgan fingerprint density at radius 3 is 2.25 bits per heavy atom. The van der Waals surface area contributed by atoms with Crippen LogP contribution in [0, 0.1) is 0 Å². The molecule has 0 radical (unpaired) electrons. The van der Waals surface area contributed by atoms with Crippen LogP contribution in [0.15, 0.2) is 89.8 Å². The SMILES string of the molecule is CSc1ccc(NC(=O)COC(=O)c2nc(-c3ccccc3)n(-c3ccccc3)n2)cc1. The molecule has 0 saturated heterocycles. The first-order valence-electron chi connectivity index (χ1n) is 9.83. The number of hydrogen-bond acceptors (Lipinski definition) is 6. The molecule has 1 N–H and O–H groups in total. The summed E-state index contributed by atoms with van der Waals surface area (Å²) >= 11 is 1.61. The fourth-order valence-electron chi connectivity index (χ4n) is 2.99. The zero-order valence-electron chi connectivity index (χ0n) is 17.3. The summed E-state index contributed by atoms with van der Waals surface area (Å²) in [6.45, 7) is -0.441. The number of amides is 1. The van der Waals surface area contributed by atoms with Crippen molar-refractivity contribution in [2.45, 2.75) is 4.90 Å². The third kappa shape index (κ3) is 5.04. The number of nitrogens with one attached hydrogen (secondary N) is 1. The van der Waals surface area contributed by atoms with Crippen LogP contribution in [0.5, 0.6) is 0 Å². The molecule has 1 amide bonds. The van der Waals surface area contributed by atoms with Crippen molar-refractivity contribution in [1.82, 2.24) is 14.8 Å². The smallest absolute Gasteiger partial charge is 0.378 e. The molecule has 0 aliphatic heterocycles. The third-order valence-electron chi connectivity index (χ3n) is 4.53. The first kappa shape index (κ1) is 21.3. The van der Waals surface area contributed by atoms with Gasteiger partial charge in [0.05, 0.1) is 5.69 Å². The van der Waals surface area contributed by atoms with E-state index in [0.717, 1.165) is 16.1 Å². The molecule has 0 bridgehead atoms. The van der Waals surface area contributed by atoms with E-state index in [1.165, 1.54) is 0 Å². The lowest BCUT2D eigenvalue weighted by Crippen LogP contribution is -2.21. The second kappa shape index (κ2) is 9.93. The highest BCUT2D eigenvalue weighted by molar-refractivity contribution is 7.98. The van der Waals surface area contributed by atoms with Gasteiger partial charge in [-0.15, -0.1) is 16.9 Å². The Kier molecular flexibility index (Phi) is 6.62. The fourth-order valence-corrected chi connectivity index (χ4v) is 3.40. The van der Waals surface area contributed by atoms with Crippen LogP contribution in [-0.2, 0) is 9.53 Å². The number of para-hydroxylation sites is 1. The second-order valence-corrected chi connectivity index (χ2v) is 7.60. The van der Waals surface area contributed by atoms with Crippen molar-refractivity contribution >= 4 is 29.3 Å². The average molecular weight is 445 g/mol. The van der Waals surface area contributed by atoms with E-state index in [1.807, 2.05) is 79.1 Å². The lowest BCUT2D eigenvalue weighted by atomic mass is 10.2. The van der Waals surface area contributed by atoms with Crippen molar-refractivity contribution < 1.29 is 14.3 Å². The molecule has 0 fully saturated rings. The maximum atomic E-state index is 12.6. The molecule has 4 aromatic rings. The van der Waals surface area contributed by atoms with Crippen LogP contribution in [0.2, 0.25) is 0 Å². The summed E-state index contributed by atoms with van der Waals surface area (Å²) in [6.07, 6.45) is 1.98. The van der Waals surface area contributed by atoms with Gasteiger partial charge in [0.2, 0.25) is 0 Å². The van der Waals surface area contributed by atoms with E-state index in [9.17, 15) is 9.59 Å². The molecule has 0 saturated carbocycles. The quantitative estimate of drug-likeness (QED) is 0.335. The molecule has 0 atom stereocenters. The summed E-state index contributed by atoms with van der Waals surface area (Å²) in [5, 5.41) is 7.03. The molecule has 0 aliphatic carbocycles. The standard InChI is InChI=1S/C24H20N4O3S/c1-32-20-14-12-18(13-15-20)25-21(29)16-31-24(30)22-26-23(17-8-4-2-5-9-17)28(27-22)19-10-6-3-7-11-19/h2-15H,16H2,1H3,(H,25,29). The van der Waals surface area contributed by atoms with Gasteiger partial charge >= 0.3 is 5.97 Å². The highest BCUT2D eigenvalue weighted by atomic mass is 32.2. The Balaban J connectivity index is 1.48. The lowest BCUT2D eigenvalue weighted by Gasteiger charge is -2.06. The summed E-state index contributed by atoms with van der Waals surface area (Å²) in [6, 6.07) is 26.2. The number of ether oxygens (including phenoxy) is 1. The van der Waals surface area contributed by atoms with Crippen molar-refractivity contribution in [3.8, 4) is 17.1 Å². The number of esters is 1. The molecule has 0 unspecified atom stereocenters. The number of carbonyl (C=O) groups is 2. The Labute approximate surface area is 189 Å². The van der Waals surface area contributed by atoms with Crippen LogP contribution in [-0.4, -0.2) is 39.5 Å². The Morgan fingerprint density at radius 1 is 0.938 bits per heavy atom. The van der Waals surface area contributed by atoms with Gasteiger partial charge in [-0.1, -0.05) is 48.5 Å². The number of aromatic nitrogens is 3. The summed E-state index contributed by atoms with van der Waals surface area (Å²) in [5.41, 5.74) is 2.18. The van der Waals surface area contributed by atoms with Crippen molar-refractivity contribution in [2.24, 2.45) is 0 Å².